The minimum Gasteiger partial charge on any atom is -0.465 e. The van der Waals surface area contributed by atoms with Gasteiger partial charge < -0.3 is 15.1 Å². The lowest BCUT2D eigenvalue weighted by Gasteiger charge is -2.13. The van der Waals surface area contributed by atoms with Crippen molar-refractivity contribution in [3.05, 3.63) is 59.4 Å². The van der Waals surface area contributed by atoms with Gasteiger partial charge in [0.1, 0.15) is 23.2 Å². The number of halogens is 1. The lowest BCUT2D eigenvalue weighted by Crippen LogP contribution is -2.09. The standard InChI is InChI=1S/C21H21FN4O2/c1-11-13(8-18(28-11)21(2,3)4)17-9-19(26-25-17)23-10-15-14-7-12(22)5-6-16(14)24-20(15)27/h5-10H,1-4H3,(H,24,27)(H2,23,25,26)/b15-10+. The zero-order valence-electron chi connectivity index (χ0n) is 16.1. The van der Waals surface area contributed by atoms with Crippen molar-refractivity contribution in [2.75, 3.05) is 10.6 Å². The number of benzene rings is 1. The molecule has 0 atom stereocenters. The molecule has 1 aromatic carbocycles. The normalized spacial score (nSPS) is 15.0. The first-order valence-corrected chi connectivity index (χ1v) is 8.97. The average Bonchev–Trinajstić information content (AvgIpc) is 3.29. The maximum atomic E-state index is 13.5. The zero-order valence-corrected chi connectivity index (χ0v) is 16.1. The van der Waals surface area contributed by atoms with E-state index in [1.54, 1.807) is 12.3 Å². The number of fused-ring (bicyclic) bond motifs is 1. The van der Waals surface area contributed by atoms with Crippen LogP contribution in [0.15, 0.2) is 40.9 Å². The number of aromatic amines is 1. The molecule has 0 bridgehead atoms. The molecule has 0 aliphatic carbocycles. The molecule has 0 radical (unpaired) electrons. The first-order chi connectivity index (χ1) is 13.2. The summed E-state index contributed by atoms with van der Waals surface area (Å²) in [5.41, 5.74) is 3.03. The van der Waals surface area contributed by atoms with Gasteiger partial charge in [-0.05, 0) is 31.2 Å². The van der Waals surface area contributed by atoms with Gasteiger partial charge >= 0.3 is 0 Å². The van der Waals surface area contributed by atoms with Gasteiger partial charge in [-0.3, -0.25) is 9.89 Å². The van der Waals surface area contributed by atoms with Gasteiger partial charge in [0.15, 0.2) is 0 Å². The third-order valence-electron chi connectivity index (χ3n) is 4.65. The summed E-state index contributed by atoms with van der Waals surface area (Å²) in [6.07, 6.45) is 1.54. The monoisotopic (exact) mass is 380 g/mol. The number of carbonyl (C=O) groups is 1. The smallest absolute Gasteiger partial charge is 0.257 e. The predicted molar refractivity (Wildman–Crippen MR) is 106 cm³/mol. The average molecular weight is 380 g/mol. The maximum absolute atomic E-state index is 13.5. The quantitative estimate of drug-likeness (QED) is 0.569. The van der Waals surface area contributed by atoms with E-state index in [1.807, 2.05) is 19.1 Å². The van der Waals surface area contributed by atoms with Crippen LogP contribution in [0.1, 0.15) is 37.9 Å². The van der Waals surface area contributed by atoms with Crippen molar-refractivity contribution in [3.63, 3.8) is 0 Å². The molecule has 7 heteroatoms. The summed E-state index contributed by atoms with van der Waals surface area (Å²) in [6, 6.07) is 8.03. The lowest BCUT2D eigenvalue weighted by molar-refractivity contribution is -0.110. The van der Waals surface area contributed by atoms with Gasteiger partial charge in [0.05, 0.1) is 11.3 Å². The van der Waals surface area contributed by atoms with Crippen LogP contribution in [-0.4, -0.2) is 16.1 Å². The molecule has 3 heterocycles. The molecule has 1 amide bonds. The molecule has 3 N–H and O–H groups in total. The van der Waals surface area contributed by atoms with E-state index in [0.29, 0.717) is 22.6 Å². The van der Waals surface area contributed by atoms with Gasteiger partial charge in [-0.25, -0.2) is 4.39 Å². The number of aryl methyl sites for hydroxylation is 1. The van der Waals surface area contributed by atoms with Crippen LogP contribution in [0.5, 0.6) is 0 Å². The summed E-state index contributed by atoms with van der Waals surface area (Å²) in [6.45, 7) is 8.17. The highest BCUT2D eigenvalue weighted by atomic mass is 19.1. The van der Waals surface area contributed by atoms with Crippen molar-refractivity contribution in [2.45, 2.75) is 33.1 Å². The summed E-state index contributed by atoms with van der Waals surface area (Å²) < 4.78 is 19.4. The Morgan fingerprint density at radius 1 is 1.18 bits per heavy atom. The van der Waals surface area contributed by atoms with E-state index < -0.39 is 5.82 Å². The van der Waals surface area contributed by atoms with Gasteiger partial charge in [-0.2, -0.15) is 5.10 Å². The number of amides is 1. The Hall–Kier alpha value is -3.35. The van der Waals surface area contributed by atoms with Crippen LogP contribution in [-0.2, 0) is 10.2 Å². The second-order valence-electron chi connectivity index (χ2n) is 7.84. The highest BCUT2D eigenvalue weighted by Gasteiger charge is 2.25. The first kappa shape index (κ1) is 18.0. The number of aromatic nitrogens is 2. The predicted octanol–water partition coefficient (Wildman–Crippen LogP) is 4.82. The molecule has 0 saturated carbocycles. The number of rotatable bonds is 3. The van der Waals surface area contributed by atoms with E-state index in [1.165, 1.54) is 12.1 Å². The van der Waals surface area contributed by atoms with Gasteiger partial charge in [0.25, 0.3) is 5.91 Å². The van der Waals surface area contributed by atoms with Crippen molar-refractivity contribution in [1.82, 2.24) is 10.2 Å². The van der Waals surface area contributed by atoms with Crippen LogP contribution in [0.25, 0.3) is 16.8 Å². The van der Waals surface area contributed by atoms with Crippen molar-refractivity contribution in [3.8, 4) is 11.3 Å². The number of nitrogens with one attached hydrogen (secondary N) is 3. The highest BCUT2D eigenvalue weighted by molar-refractivity contribution is 6.31. The summed E-state index contributed by atoms with van der Waals surface area (Å²) in [5.74, 6) is 1.61. The van der Waals surface area contributed by atoms with Crippen molar-refractivity contribution >= 4 is 23.0 Å². The van der Waals surface area contributed by atoms with E-state index in [0.717, 1.165) is 22.8 Å². The molecule has 6 nitrogen and oxygen atoms in total. The number of hydrogen-bond donors (Lipinski definition) is 3. The van der Waals surface area contributed by atoms with E-state index in [4.69, 9.17) is 4.42 Å². The second-order valence-corrected chi connectivity index (χ2v) is 7.84. The van der Waals surface area contributed by atoms with Crippen LogP contribution in [0, 0.1) is 12.7 Å². The number of furan rings is 1. The Kier molecular flexibility index (Phi) is 4.10. The Balaban J connectivity index is 1.59. The molecule has 4 rings (SSSR count). The molecule has 1 aliphatic rings. The van der Waals surface area contributed by atoms with Crippen molar-refractivity contribution in [2.24, 2.45) is 0 Å². The lowest BCUT2D eigenvalue weighted by atomic mass is 9.93. The highest BCUT2D eigenvalue weighted by Crippen LogP contribution is 2.34. The Morgan fingerprint density at radius 3 is 2.68 bits per heavy atom. The van der Waals surface area contributed by atoms with E-state index in [9.17, 15) is 9.18 Å². The SMILES string of the molecule is Cc1oc(C(C)(C)C)cc1-c1cc(N/C=C2/C(=O)Nc3ccc(F)cc32)[nH]n1. The number of hydrogen-bond acceptors (Lipinski definition) is 4. The number of anilines is 2. The number of carbonyl (C=O) groups excluding carboxylic acids is 1. The molecule has 144 valence electrons. The van der Waals surface area contributed by atoms with Crippen LogP contribution in [0.3, 0.4) is 0 Å². The van der Waals surface area contributed by atoms with Gasteiger partial charge in [0, 0.05) is 34.5 Å². The minimum absolute atomic E-state index is 0.0939. The van der Waals surface area contributed by atoms with Crippen LogP contribution in [0.4, 0.5) is 15.9 Å². The maximum Gasteiger partial charge on any atom is 0.257 e. The third-order valence-corrected chi connectivity index (χ3v) is 4.65. The largest absolute Gasteiger partial charge is 0.465 e. The molecular weight excluding hydrogens is 359 g/mol. The molecule has 0 unspecified atom stereocenters. The molecule has 28 heavy (non-hydrogen) atoms. The second kappa shape index (κ2) is 6.37. The first-order valence-electron chi connectivity index (χ1n) is 8.97. The van der Waals surface area contributed by atoms with E-state index in [-0.39, 0.29) is 11.3 Å². The Morgan fingerprint density at radius 2 is 1.96 bits per heavy atom. The van der Waals surface area contributed by atoms with Crippen molar-refractivity contribution < 1.29 is 13.6 Å². The van der Waals surface area contributed by atoms with Gasteiger partial charge in [0.2, 0.25) is 0 Å². The molecular formula is C21H21FN4O2. The Labute approximate surface area is 161 Å². The summed E-state index contributed by atoms with van der Waals surface area (Å²) >= 11 is 0. The van der Waals surface area contributed by atoms with Crippen LogP contribution < -0.4 is 10.6 Å². The topological polar surface area (TPSA) is 83.0 Å². The zero-order chi connectivity index (χ0) is 20.1. The summed E-state index contributed by atoms with van der Waals surface area (Å²) in [5, 5.41) is 13.0. The molecule has 1 aliphatic heterocycles. The molecule has 2 aromatic heterocycles. The van der Waals surface area contributed by atoms with Crippen LogP contribution in [0.2, 0.25) is 0 Å². The Bertz CT molecular complexity index is 1100. The fourth-order valence-electron chi connectivity index (χ4n) is 3.09. The molecule has 0 fully saturated rings. The van der Waals surface area contributed by atoms with E-state index >= 15 is 0 Å². The molecule has 3 aromatic rings. The van der Waals surface area contributed by atoms with Crippen molar-refractivity contribution in [1.29, 1.82) is 0 Å². The number of nitrogens with zero attached hydrogens (tertiary/aromatic N) is 1. The summed E-state index contributed by atoms with van der Waals surface area (Å²) in [7, 11) is 0. The van der Waals surface area contributed by atoms with E-state index in [2.05, 4.69) is 41.6 Å². The minimum atomic E-state index is -0.393. The third kappa shape index (κ3) is 3.19. The van der Waals surface area contributed by atoms with Gasteiger partial charge in [-0.1, -0.05) is 20.8 Å². The van der Waals surface area contributed by atoms with Crippen LogP contribution >= 0.6 is 0 Å². The van der Waals surface area contributed by atoms with Gasteiger partial charge in [-0.15, -0.1) is 0 Å². The molecule has 0 saturated heterocycles. The molecule has 0 spiro atoms. The number of H-pyrrole nitrogens is 1. The summed E-state index contributed by atoms with van der Waals surface area (Å²) in [4.78, 5) is 12.2. The fraction of sp³-hybridized carbons (Fsp3) is 0.238. The fourth-order valence-corrected chi connectivity index (χ4v) is 3.09.